The minimum Gasteiger partial charge on any atom is -0.476 e. The number of methoxy groups -OCH3 is 1. The lowest BCUT2D eigenvalue weighted by Gasteiger charge is -1.94. The second-order valence-electron chi connectivity index (χ2n) is 2.91. The van der Waals surface area contributed by atoms with Crippen molar-refractivity contribution < 1.29 is 14.6 Å². The third kappa shape index (κ3) is 2.78. The maximum Gasteiger partial charge on any atom is 0.355 e. The summed E-state index contributed by atoms with van der Waals surface area (Å²) in [6.07, 6.45) is 1.66. The summed E-state index contributed by atoms with van der Waals surface area (Å²) >= 11 is 1.45. The number of carbonyl (C=O) groups is 1. The minimum atomic E-state index is -0.947. The number of aryl methyl sites for hydroxylation is 2. The van der Waals surface area contributed by atoms with Gasteiger partial charge in [0.05, 0.1) is 5.01 Å². The first kappa shape index (κ1) is 11.1. The zero-order valence-corrected chi connectivity index (χ0v) is 9.06. The second kappa shape index (κ2) is 5.07. The Morgan fingerprint density at radius 3 is 2.86 bits per heavy atom. The number of nitrogens with zero attached hydrogens (tertiary/aromatic N) is 1. The fraction of sp³-hybridized carbons (Fsp3) is 0.556. The molecule has 5 heteroatoms. The van der Waals surface area contributed by atoms with Gasteiger partial charge in [0.15, 0.2) is 5.69 Å². The Hall–Kier alpha value is -0.940. The van der Waals surface area contributed by atoms with Gasteiger partial charge in [-0.05, 0) is 13.3 Å². The Morgan fingerprint density at radius 1 is 1.64 bits per heavy atom. The topological polar surface area (TPSA) is 59.4 Å². The van der Waals surface area contributed by atoms with Gasteiger partial charge in [-0.25, -0.2) is 9.78 Å². The molecule has 1 rings (SSSR count). The molecule has 4 nitrogen and oxygen atoms in total. The molecule has 78 valence electrons. The number of hydrogen-bond donors (Lipinski definition) is 1. The van der Waals surface area contributed by atoms with Gasteiger partial charge in [0, 0.05) is 25.0 Å². The van der Waals surface area contributed by atoms with Crippen LogP contribution in [0.5, 0.6) is 0 Å². The van der Waals surface area contributed by atoms with Gasteiger partial charge in [0.1, 0.15) is 0 Å². The normalized spacial score (nSPS) is 10.4. The van der Waals surface area contributed by atoms with Crippen LogP contribution in [0.2, 0.25) is 0 Å². The molecule has 0 spiro atoms. The van der Waals surface area contributed by atoms with E-state index in [1.807, 2.05) is 0 Å². The van der Waals surface area contributed by atoms with Gasteiger partial charge in [-0.2, -0.15) is 0 Å². The number of carboxylic acid groups (broad SMARTS) is 1. The van der Waals surface area contributed by atoms with E-state index in [1.165, 1.54) is 11.3 Å². The van der Waals surface area contributed by atoms with Crippen molar-refractivity contribution in [2.75, 3.05) is 13.7 Å². The zero-order valence-electron chi connectivity index (χ0n) is 8.24. The van der Waals surface area contributed by atoms with Crippen LogP contribution in [0.3, 0.4) is 0 Å². The largest absolute Gasteiger partial charge is 0.476 e. The van der Waals surface area contributed by atoms with Crippen molar-refractivity contribution in [2.24, 2.45) is 0 Å². The Kier molecular flexibility index (Phi) is 4.03. The van der Waals surface area contributed by atoms with Crippen LogP contribution in [0.15, 0.2) is 0 Å². The molecule has 0 aliphatic heterocycles. The number of aromatic carboxylic acids is 1. The number of aromatic nitrogens is 1. The molecule has 0 saturated heterocycles. The molecule has 1 aromatic heterocycles. The first-order valence-corrected chi connectivity index (χ1v) is 5.15. The fourth-order valence-corrected chi connectivity index (χ4v) is 2.09. The van der Waals surface area contributed by atoms with E-state index in [-0.39, 0.29) is 5.69 Å². The molecule has 14 heavy (non-hydrogen) atoms. The van der Waals surface area contributed by atoms with Crippen molar-refractivity contribution in [3.8, 4) is 0 Å². The second-order valence-corrected chi connectivity index (χ2v) is 4.20. The predicted molar refractivity (Wildman–Crippen MR) is 54.0 cm³/mol. The van der Waals surface area contributed by atoms with E-state index in [0.29, 0.717) is 6.61 Å². The van der Waals surface area contributed by atoms with Crippen molar-refractivity contribution in [1.29, 1.82) is 0 Å². The molecule has 0 aliphatic rings. The Bertz CT molecular complexity index is 322. The van der Waals surface area contributed by atoms with E-state index >= 15 is 0 Å². The summed E-state index contributed by atoms with van der Waals surface area (Å²) in [7, 11) is 1.65. The third-order valence-electron chi connectivity index (χ3n) is 1.78. The van der Waals surface area contributed by atoms with Crippen molar-refractivity contribution in [1.82, 2.24) is 4.98 Å². The van der Waals surface area contributed by atoms with Gasteiger partial charge in [0.2, 0.25) is 0 Å². The van der Waals surface area contributed by atoms with Gasteiger partial charge in [-0.1, -0.05) is 0 Å². The number of ether oxygens (including phenoxy) is 1. The SMILES string of the molecule is COCCCc1nc(C(=O)O)c(C)s1. The molecule has 0 aliphatic carbocycles. The Morgan fingerprint density at radius 2 is 2.36 bits per heavy atom. The summed E-state index contributed by atoms with van der Waals surface area (Å²) < 4.78 is 4.91. The summed E-state index contributed by atoms with van der Waals surface area (Å²) in [5.74, 6) is -0.947. The summed E-state index contributed by atoms with van der Waals surface area (Å²) in [5.41, 5.74) is 0.183. The highest BCUT2D eigenvalue weighted by Gasteiger charge is 2.13. The van der Waals surface area contributed by atoms with Crippen LogP contribution < -0.4 is 0 Å². The van der Waals surface area contributed by atoms with Crippen molar-refractivity contribution >= 4 is 17.3 Å². The van der Waals surface area contributed by atoms with Crippen LogP contribution in [0.1, 0.15) is 26.8 Å². The van der Waals surface area contributed by atoms with Crippen LogP contribution in [0, 0.1) is 6.92 Å². The lowest BCUT2D eigenvalue weighted by atomic mass is 10.3. The van der Waals surface area contributed by atoms with E-state index in [1.54, 1.807) is 14.0 Å². The lowest BCUT2D eigenvalue weighted by molar-refractivity contribution is 0.0690. The monoisotopic (exact) mass is 215 g/mol. The minimum absolute atomic E-state index is 0.183. The molecular weight excluding hydrogens is 202 g/mol. The average Bonchev–Trinajstić information content (AvgIpc) is 2.47. The molecule has 0 aromatic carbocycles. The predicted octanol–water partition coefficient (Wildman–Crippen LogP) is 1.73. The molecular formula is C9H13NO3S. The quantitative estimate of drug-likeness (QED) is 0.760. The van der Waals surface area contributed by atoms with Gasteiger partial charge in [-0.3, -0.25) is 0 Å². The fourth-order valence-electron chi connectivity index (χ4n) is 1.12. The Balaban J connectivity index is 2.62. The van der Waals surface area contributed by atoms with E-state index in [0.717, 1.165) is 22.7 Å². The van der Waals surface area contributed by atoms with Crippen LogP contribution in [0.4, 0.5) is 0 Å². The summed E-state index contributed by atoms with van der Waals surface area (Å²) in [5, 5.41) is 9.64. The van der Waals surface area contributed by atoms with Gasteiger partial charge in [-0.15, -0.1) is 11.3 Å². The smallest absolute Gasteiger partial charge is 0.355 e. The summed E-state index contributed by atoms with van der Waals surface area (Å²) in [6.45, 7) is 2.46. The maximum absolute atomic E-state index is 10.7. The molecule has 1 N–H and O–H groups in total. The number of hydrogen-bond acceptors (Lipinski definition) is 4. The third-order valence-corrected chi connectivity index (χ3v) is 2.81. The van der Waals surface area contributed by atoms with Crippen LogP contribution >= 0.6 is 11.3 Å². The van der Waals surface area contributed by atoms with Gasteiger partial charge in [0.25, 0.3) is 0 Å². The molecule has 1 aromatic rings. The van der Waals surface area contributed by atoms with Crippen LogP contribution in [0.25, 0.3) is 0 Å². The van der Waals surface area contributed by atoms with E-state index in [2.05, 4.69) is 4.98 Å². The summed E-state index contributed by atoms with van der Waals surface area (Å²) in [4.78, 5) is 15.5. The average molecular weight is 215 g/mol. The number of thiazole rings is 1. The lowest BCUT2D eigenvalue weighted by Crippen LogP contribution is -1.99. The Labute approximate surface area is 86.6 Å². The van der Waals surface area contributed by atoms with E-state index in [4.69, 9.17) is 9.84 Å². The number of carboxylic acids is 1. The molecule has 0 atom stereocenters. The molecule has 0 bridgehead atoms. The van der Waals surface area contributed by atoms with E-state index in [9.17, 15) is 4.79 Å². The van der Waals surface area contributed by atoms with Gasteiger partial charge < -0.3 is 9.84 Å². The molecule has 1 heterocycles. The first-order chi connectivity index (χ1) is 6.65. The standard InChI is InChI=1S/C9H13NO3S/c1-6-8(9(11)12)10-7(14-6)4-3-5-13-2/h3-5H2,1-2H3,(H,11,12). The van der Waals surface area contributed by atoms with Gasteiger partial charge >= 0.3 is 5.97 Å². The van der Waals surface area contributed by atoms with Crippen molar-refractivity contribution in [3.05, 3.63) is 15.6 Å². The molecule has 0 fully saturated rings. The molecule has 0 radical (unpaired) electrons. The highest BCUT2D eigenvalue weighted by molar-refractivity contribution is 7.11. The van der Waals surface area contributed by atoms with Crippen LogP contribution in [-0.4, -0.2) is 29.8 Å². The zero-order chi connectivity index (χ0) is 10.6. The molecule has 0 saturated carbocycles. The summed E-state index contributed by atoms with van der Waals surface area (Å²) in [6, 6.07) is 0. The molecule has 0 amide bonds. The van der Waals surface area contributed by atoms with Crippen molar-refractivity contribution in [2.45, 2.75) is 19.8 Å². The van der Waals surface area contributed by atoms with E-state index < -0.39 is 5.97 Å². The maximum atomic E-state index is 10.7. The highest BCUT2D eigenvalue weighted by atomic mass is 32.1. The highest BCUT2D eigenvalue weighted by Crippen LogP contribution is 2.18. The van der Waals surface area contributed by atoms with Crippen LogP contribution in [-0.2, 0) is 11.2 Å². The molecule has 0 unspecified atom stereocenters. The van der Waals surface area contributed by atoms with Crippen molar-refractivity contribution in [3.63, 3.8) is 0 Å². The first-order valence-electron chi connectivity index (χ1n) is 4.33. The number of rotatable bonds is 5.